The molecule has 3 aromatic carbocycles. The van der Waals surface area contributed by atoms with E-state index >= 15 is 0 Å². The zero-order valence-corrected chi connectivity index (χ0v) is 21.2. The Kier molecular flexibility index (Phi) is 7.93. The Morgan fingerprint density at radius 1 is 0.974 bits per heavy atom. The Hall–Kier alpha value is -4.42. The zero-order chi connectivity index (χ0) is 27.4. The minimum Gasteiger partial charge on any atom is -0.493 e. The summed E-state index contributed by atoms with van der Waals surface area (Å²) in [6.45, 7) is -0.0346. The van der Waals surface area contributed by atoms with E-state index in [-0.39, 0.29) is 46.0 Å². The highest BCUT2D eigenvalue weighted by Crippen LogP contribution is 2.39. The fraction of sp³-hybridized carbons (Fsp3) is 0.120. The van der Waals surface area contributed by atoms with Gasteiger partial charge in [-0.1, -0.05) is 35.9 Å². The van der Waals surface area contributed by atoms with Crippen molar-refractivity contribution in [3.05, 3.63) is 108 Å². The number of non-ortho nitro benzene ring substituents is 2. The summed E-state index contributed by atoms with van der Waals surface area (Å²) in [6.07, 6.45) is 1.50. The maximum Gasteiger partial charge on any atom is 0.293 e. The number of ether oxygens (including phenoxy) is 2. The number of hydrogen-bond donors (Lipinski definition) is 0. The van der Waals surface area contributed by atoms with E-state index in [1.54, 1.807) is 18.2 Å². The van der Waals surface area contributed by atoms with Crippen LogP contribution in [0.1, 0.15) is 16.7 Å². The van der Waals surface area contributed by atoms with Gasteiger partial charge < -0.3 is 9.47 Å². The molecule has 13 heteroatoms. The van der Waals surface area contributed by atoms with Crippen LogP contribution in [-0.4, -0.2) is 33.0 Å². The number of nitrogens with zero attached hydrogens (tertiary/aromatic N) is 3. The maximum absolute atomic E-state index is 12.9. The van der Waals surface area contributed by atoms with Crippen molar-refractivity contribution < 1.29 is 28.9 Å². The monoisotopic (exact) mass is 555 g/mol. The lowest BCUT2D eigenvalue weighted by atomic mass is 10.1. The van der Waals surface area contributed by atoms with Gasteiger partial charge in [-0.25, -0.2) is 0 Å². The molecule has 0 atom stereocenters. The quantitative estimate of drug-likeness (QED) is 0.177. The van der Waals surface area contributed by atoms with Crippen LogP contribution >= 0.6 is 23.4 Å². The fourth-order valence-corrected chi connectivity index (χ4v) is 4.68. The van der Waals surface area contributed by atoms with Crippen molar-refractivity contribution in [3.63, 3.8) is 0 Å². The molecule has 0 unspecified atom stereocenters. The molecule has 0 aromatic heterocycles. The first-order valence-electron chi connectivity index (χ1n) is 10.9. The SMILES string of the molecule is COc1cc(/C=C2\SC(=O)N(Cc3ccc([N+](=O)[O-])cc3)C2=O)cc(Cl)c1OCc1cccc([N+](=O)[O-])c1. The highest BCUT2D eigenvalue weighted by atomic mass is 35.5. The first kappa shape index (κ1) is 26.6. The second kappa shape index (κ2) is 11.3. The molecular weight excluding hydrogens is 538 g/mol. The Morgan fingerprint density at radius 2 is 1.68 bits per heavy atom. The Bertz CT molecular complexity index is 1480. The summed E-state index contributed by atoms with van der Waals surface area (Å²) < 4.78 is 11.2. The van der Waals surface area contributed by atoms with Gasteiger partial charge >= 0.3 is 0 Å². The van der Waals surface area contributed by atoms with Gasteiger partial charge in [0, 0.05) is 24.3 Å². The largest absolute Gasteiger partial charge is 0.493 e. The van der Waals surface area contributed by atoms with E-state index in [0.29, 0.717) is 16.7 Å². The van der Waals surface area contributed by atoms with Crippen molar-refractivity contribution in [1.29, 1.82) is 0 Å². The molecule has 0 bridgehead atoms. The Labute approximate surface area is 224 Å². The van der Waals surface area contributed by atoms with Crippen molar-refractivity contribution in [2.24, 2.45) is 0 Å². The maximum atomic E-state index is 12.9. The third-order valence-corrected chi connectivity index (χ3v) is 6.60. The van der Waals surface area contributed by atoms with Crippen molar-refractivity contribution in [1.82, 2.24) is 4.90 Å². The fourth-order valence-electron chi connectivity index (χ4n) is 3.57. The number of benzene rings is 3. The van der Waals surface area contributed by atoms with Crippen LogP contribution in [0.5, 0.6) is 11.5 Å². The van der Waals surface area contributed by atoms with Gasteiger partial charge in [0.25, 0.3) is 22.5 Å². The number of methoxy groups -OCH3 is 1. The van der Waals surface area contributed by atoms with Gasteiger partial charge in [0.2, 0.25) is 0 Å². The van der Waals surface area contributed by atoms with E-state index in [4.69, 9.17) is 21.1 Å². The summed E-state index contributed by atoms with van der Waals surface area (Å²) >= 11 is 7.18. The number of nitro benzene ring substituents is 2. The van der Waals surface area contributed by atoms with Crippen LogP contribution in [0, 0.1) is 20.2 Å². The second-order valence-electron chi connectivity index (χ2n) is 7.94. The van der Waals surface area contributed by atoms with Crippen LogP contribution in [0.15, 0.2) is 65.6 Å². The summed E-state index contributed by atoms with van der Waals surface area (Å²) in [5, 5.41) is 21.5. The molecule has 3 aromatic rings. The van der Waals surface area contributed by atoms with Gasteiger partial charge in [-0.3, -0.25) is 34.7 Å². The molecule has 11 nitrogen and oxygen atoms in total. The first-order valence-corrected chi connectivity index (χ1v) is 12.1. The van der Waals surface area contributed by atoms with E-state index in [9.17, 15) is 29.8 Å². The number of nitro groups is 2. The number of amides is 2. The molecule has 1 heterocycles. The topological polar surface area (TPSA) is 142 Å². The molecule has 0 saturated carbocycles. The lowest BCUT2D eigenvalue weighted by Crippen LogP contribution is -2.27. The van der Waals surface area contributed by atoms with Gasteiger partial charge in [0.05, 0.1) is 33.4 Å². The highest BCUT2D eigenvalue weighted by Gasteiger charge is 2.35. The van der Waals surface area contributed by atoms with Crippen molar-refractivity contribution in [3.8, 4) is 11.5 Å². The predicted molar refractivity (Wildman–Crippen MR) is 140 cm³/mol. The predicted octanol–water partition coefficient (Wildman–Crippen LogP) is 5.98. The average molecular weight is 556 g/mol. The smallest absolute Gasteiger partial charge is 0.293 e. The third-order valence-electron chi connectivity index (χ3n) is 5.42. The molecule has 1 fully saturated rings. The summed E-state index contributed by atoms with van der Waals surface area (Å²) in [5.74, 6) is -0.0390. The lowest BCUT2D eigenvalue weighted by Gasteiger charge is -2.14. The highest BCUT2D eigenvalue weighted by molar-refractivity contribution is 8.18. The molecule has 2 amide bonds. The van der Waals surface area contributed by atoms with Crippen LogP contribution in [-0.2, 0) is 17.9 Å². The molecule has 0 radical (unpaired) electrons. The number of rotatable bonds is 9. The van der Waals surface area contributed by atoms with Crippen LogP contribution in [0.25, 0.3) is 6.08 Å². The van der Waals surface area contributed by atoms with Gasteiger partial charge in [-0.2, -0.15) is 0 Å². The van der Waals surface area contributed by atoms with Crippen LogP contribution in [0.3, 0.4) is 0 Å². The van der Waals surface area contributed by atoms with E-state index in [1.165, 1.54) is 55.7 Å². The van der Waals surface area contributed by atoms with Gasteiger partial charge in [-0.05, 0) is 46.7 Å². The zero-order valence-electron chi connectivity index (χ0n) is 19.7. The average Bonchev–Trinajstić information content (AvgIpc) is 3.15. The number of thioether (sulfide) groups is 1. The molecule has 194 valence electrons. The number of imide groups is 1. The van der Waals surface area contributed by atoms with E-state index in [2.05, 4.69) is 0 Å². The van der Waals surface area contributed by atoms with Crippen molar-refractivity contribution >= 4 is 52.0 Å². The van der Waals surface area contributed by atoms with Gasteiger partial charge in [-0.15, -0.1) is 0 Å². The van der Waals surface area contributed by atoms with Crippen LogP contribution < -0.4 is 9.47 Å². The molecule has 1 aliphatic heterocycles. The Balaban J connectivity index is 1.51. The van der Waals surface area contributed by atoms with Crippen molar-refractivity contribution in [2.75, 3.05) is 7.11 Å². The molecule has 1 saturated heterocycles. The summed E-state index contributed by atoms with van der Waals surface area (Å²) in [4.78, 5) is 47.4. The third kappa shape index (κ3) is 5.93. The summed E-state index contributed by atoms with van der Waals surface area (Å²) in [6, 6.07) is 14.7. The minimum absolute atomic E-state index is 0.00135. The summed E-state index contributed by atoms with van der Waals surface area (Å²) in [5.41, 5.74) is 1.45. The van der Waals surface area contributed by atoms with E-state index in [0.717, 1.165) is 16.7 Å². The normalized spacial score (nSPS) is 14.2. The summed E-state index contributed by atoms with van der Waals surface area (Å²) in [7, 11) is 1.41. The molecule has 0 aliphatic carbocycles. The second-order valence-corrected chi connectivity index (χ2v) is 9.34. The number of hydrogen-bond acceptors (Lipinski definition) is 9. The standard InChI is InChI=1S/C25H18ClN3O8S/c1-36-21-11-17(10-20(26)23(21)37-14-16-3-2-4-19(9-16)29(34)35)12-22-24(30)27(25(31)38-22)13-15-5-7-18(8-6-15)28(32)33/h2-12H,13-14H2,1H3/b22-12-. The van der Waals surface area contributed by atoms with Crippen LogP contribution in [0.4, 0.5) is 16.2 Å². The lowest BCUT2D eigenvalue weighted by molar-refractivity contribution is -0.385. The van der Waals surface area contributed by atoms with Crippen LogP contribution in [0.2, 0.25) is 5.02 Å². The van der Waals surface area contributed by atoms with Crippen molar-refractivity contribution in [2.45, 2.75) is 13.2 Å². The molecule has 38 heavy (non-hydrogen) atoms. The first-order chi connectivity index (χ1) is 18.2. The van der Waals surface area contributed by atoms with E-state index < -0.39 is 21.0 Å². The van der Waals surface area contributed by atoms with Gasteiger partial charge in [0.15, 0.2) is 11.5 Å². The molecule has 0 spiro atoms. The Morgan fingerprint density at radius 3 is 2.34 bits per heavy atom. The number of carbonyl (C=O) groups is 2. The minimum atomic E-state index is -0.532. The number of halogens is 1. The molecular formula is C25H18ClN3O8S. The van der Waals surface area contributed by atoms with E-state index in [1.807, 2.05) is 0 Å². The molecule has 1 aliphatic rings. The number of carbonyl (C=O) groups excluding carboxylic acids is 2. The van der Waals surface area contributed by atoms with Gasteiger partial charge in [0.1, 0.15) is 6.61 Å². The molecule has 4 rings (SSSR count). The molecule has 0 N–H and O–H groups in total.